The van der Waals surface area contributed by atoms with Crippen LogP contribution in [-0.4, -0.2) is 42.2 Å². The molecule has 0 spiro atoms. The van der Waals surface area contributed by atoms with Gasteiger partial charge in [0.25, 0.3) is 0 Å². The predicted octanol–water partition coefficient (Wildman–Crippen LogP) is 2.60. The minimum Gasteiger partial charge on any atom is -0.396 e. The van der Waals surface area contributed by atoms with Crippen molar-refractivity contribution in [1.29, 1.82) is 0 Å². The first kappa shape index (κ1) is 16.5. The predicted molar refractivity (Wildman–Crippen MR) is 88.8 cm³/mol. The van der Waals surface area contributed by atoms with E-state index in [4.69, 9.17) is 4.74 Å². The summed E-state index contributed by atoms with van der Waals surface area (Å²) in [5.41, 5.74) is 1.01. The molecule has 3 rings (SSSR count). The highest BCUT2D eigenvalue weighted by molar-refractivity contribution is 5.77. The minimum atomic E-state index is -0.0749. The Labute approximate surface area is 138 Å². The third-order valence-corrected chi connectivity index (χ3v) is 5.11. The normalized spacial score (nSPS) is 24.7. The van der Waals surface area contributed by atoms with Crippen LogP contribution in [0.15, 0.2) is 30.3 Å². The number of nitrogens with zero attached hydrogens (tertiary/aromatic N) is 1. The quantitative estimate of drug-likeness (QED) is 0.841. The molecular formula is C19H27NO3. The van der Waals surface area contributed by atoms with Gasteiger partial charge in [0, 0.05) is 18.5 Å². The number of piperidine rings is 1. The van der Waals surface area contributed by atoms with Gasteiger partial charge in [-0.1, -0.05) is 43.2 Å². The number of aliphatic hydroxyl groups is 1. The van der Waals surface area contributed by atoms with Gasteiger partial charge in [-0.05, 0) is 30.7 Å². The minimum absolute atomic E-state index is 0.0502. The molecular weight excluding hydrogens is 290 g/mol. The molecule has 0 radical (unpaired) electrons. The smallest absolute Gasteiger partial charge is 0.248 e. The van der Waals surface area contributed by atoms with Gasteiger partial charge in [0.2, 0.25) is 5.91 Å². The summed E-state index contributed by atoms with van der Waals surface area (Å²) in [4.78, 5) is 14.3. The van der Waals surface area contributed by atoms with Crippen LogP contribution in [0.4, 0.5) is 0 Å². The highest BCUT2D eigenvalue weighted by Crippen LogP contribution is 2.44. The molecule has 1 atom stereocenters. The second-order valence-corrected chi connectivity index (χ2v) is 7.20. The van der Waals surface area contributed by atoms with Gasteiger partial charge >= 0.3 is 0 Å². The fourth-order valence-corrected chi connectivity index (χ4v) is 3.64. The molecule has 1 heterocycles. The summed E-state index contributed by atoms with van der Waals surface area (Å²) < 4.78 is 5.58. The average molecular weight is 317 g/mol. The Morgan fingerprint density at radius 1 is 1.30 bits per heavy atom. The van der Waals surface area contributed by atoms with Gasteiger partial charge < -0.3 is 14.7 Å². The maximum atomic E-state index is 12.4. The van der Waals surface area contributed by atoms with E-state index in [-0.39, 0.29) is 24.5 Å². The molecule has 1 saturated carbocycles. The first-order chi connectivity index (χ1) is 11.2. The van der Waals surface area contributed by atoms with Crippen molar-refractivity contribution in [2.75, 3.05) is 26.3 Å². The number of aliphatic hydroxyl groups excluding tert-OH is 1. The molecule has 4 heteroatoms. The molecule has 1 aliphatic heterocycles. The Morgan fingerprint density at radius 2 is 2.09 bits per heavy atom. The van der Waals surface area contributed by atoms with Crippen LogP contribution in [0.25, 0.3) is 0 Å². The van der Waals surface area contributed by atoms with Crippen molar-refractivity contribution in [3.05, 3.63) is 35.9 Å². The molecule has 4 nitrogen and oxygen atoms in total. The largest absolute Gasteiger partial charge is 0.396 e. The molecule has 23 heavy (non-hydrogen) atoms. The number of amides is 1. The first-order valence-corrected chi connectivity index (χ1v) is 8.71. The zero-order valence-electron chi connectivity index (χ0n) is 13.7. The molecule has 1 aromatic rings. The molecule has 2 aliphatic rings. The van der Waals surface area contributed by atoms with Gasteiger partial charge in [0.05, 0.1) is 13.2 Å². The Balaban J connectivity index is 1.48. The highest BCUT2D eigenvalue weighted by Gasteiger charge is 2.40. The van der Waals surface area contributed by atoms with E-state index in [0.717, 1.165) is 37.3 Å². The summed E-state index contributed by atoms with van der Waals surface area (Å²) in [7, 11) is 0. The summed E-state index contributed by atoms with van der Waals surface area (Å²) in [5, 5.41) is 9.87. The third-order valence-electron chi connectivity index (χ3n) is 5.11. The second-order valence-electron chi connectivity index (χ2n) is 7.20. The lowest BCUT2D eigenvalue weighted by Gasteiger charge is -2.42. The van der Waals surface area contributed by atoms with Gasteiger partial charge in [-0.2, -0.15) is 0 Å². The van der Waals surface area contributed by atoms with Crippen molar-refractivity contribution in [3.8, 4) is 0 Å². The fraction of sp³-hybridized carbons (Fsp3) is 0.632. The number of benzene rings is 1. The van der Waals surface area contributed by atoms with E-state index in [1.807, 2.05) is 35.2 Å². The lowest BCUT2D eigenvalue weighted by Crippen LogP contribution is -2.49. The van der Waals surface area contributed by atoms with Crippen molar-refractivity contribution >= 4 is 5.91 Å². The molecule has 1 saturated heterocycles. The molecule has 0 aromatic heterocycles. The van der Waals surface area contributed by atoms with Gasteiger partial charge in [0.15, 0.2) is 0 Å². The number of ether oxygens (including phenoxy) is 1. The highest BCUT2D eigenvalue weighted by atomic mass is 16.5. The summed E-state index contributed by atoms with van der Waals surface area (Å²) in [6.07, 6.45) is 5.66. The fourth-order valence-electron chi connectivity index (χ4n) is 3.64. The molecule has 1 amide bonds. The summed E-state index contributed by atoms with van der Waals surface area (Å²) in [6, 6.07) is 9.91. The van der Waals surface area contributed by atoms with E-state index in [2.05, 4.69) is 0 Å². The van der Waals surface area contributed by atoms with Crippen molar-refractivity contribution in [2.24, 2.45) is 11.3 Å². The Kier molecular flexibility index (Phi) is 5.34. The Morgan fingerprint density at radius 3 is 2.78 bits per heavy atom. The summed E-state index contributed by atoms with van der Waals surface area (Å²) in [5.74, 6) is 0.820. The SMILES string of the molecule is O=C(COCc1ccccc1)N1CCCC(CO)(CC2CC2)C1. The van der Waals surface area contributed by atoms with E-state index < -0.39 is 0 Å². The Hall–Kier alpha value is -1.39. The van der Waals surface area contributed by atoms with Crippen LogP contribution >= 0.6 is 0 Å². The maximum absolute atomic E-state index is 12.4. The lowest BCUT2D eigenvalue weighted by molar-refractivity contribution is -0.141. The maximum Gasteiger partial charge on any atom is 0.248 e. The van der Waals surface area contributed by atoms with Gasteiger partial charge in [-0.25, -0.2) is 0 Å². The monoisotopic (exact) mass is 317 g/mol. The Bertz CT molecular complexity index is 515. The summed E-state index contributed by atoms with van der Waals surface area (Å²) in [6.45, 7) is 2.26. The molecule has 126 valence electrons. The van der Waals surface area contributed by atoms with Crippen LogP contribution in [-0.2, 0) is 16.1 Å². The second kappa shape index (κ2) is 7.45. The van der Waals surface area contributed by atoms with Crippen LogP contribution in [0.2, 0.25) is 0 Å². The van der Waals surface area contributed by atoms with Gasteiger partial charge in [0.1, 0.15) is 6.61 Å². The molecule has 2 fully saturated rings. The van der Waals surface area contributed by atoms with E-state index in [9.17, 15) is 9.90 Å². The first-order valence-electron chi connectivity index (χ1n) is 8.71. The van der Waals surface area contributed by atoms with Crippen molar-refractivity contribution in [2.45, 2.75) is 38.7 Å². The standard InChI is InChI=1S/C19H27NO3/c21-15-19(11-16-7-8-16)9-4-10-20(14-19)18(22)13-23-12-17-5-2-1-3-6-17/h1-3,5-6,16,21H,4,7-15H2. The number of carbonyl (C=O) groups excluding carboxylic acids is 1. The zero-order valence-corrected chi connectivity index (χ0v) is 13.7. The van der Waals surface area contributed by atoms with Crippen LogP contribution < -0.4 is 0 Å². The third kappa shape index (κ3) is 4.55. The average Bonchev–Trinajstić information content (AvgIpc) is 3.40. The lowest BCUT2D eigenvalue weighted by atomic mass is 9.76. The molecule has 1 N–H and O–H groups in total. The van der Waals surface area contributed by atoms with Crippen molar-refractivity contribution < 1.29 is 14.6 Å². The number of hydrogen-bond donors (Lipinski definition) is 1. The van der Waals surface area contributed by atoms with E-state index in [0.29, 0.717) is 13.2 Å². The van der Waals surface area contributed by atoms with Crippen LogP contribution in [0.1, 0.15) is 37.7 Å². The molecule has 1 aliphatic carbocycles. The molecule has 0 bridgehead atoms. The van der Waals surface area contributed by atoms with E-state index in [1.54, 1.807) is 0 Å². The van der Waals surface area contributed by atoms with Crippen molar-refractivity contribution in [3.63, 3.8) is 0 Å². The van der Waals surface area contributed by atoms with Crippen LogP contribution in [0.3, 0.4) is 0 Å². The van der Waals surface area contributed by atoms with E-state index >= 15 is 0 Å². The summed E-state index contributed by atoms with van der Waals surface area (Å²) >= 11 is 0. The van der Waals surface area contributed by atoms with Crippen LogP contribution in [0, 0.1) is 11.3 Å². The van der Waals surface area contributed by atoms with Gasteiger partial charge in [-0.15, -0.1) is 0 Å². The van der Waals surface area contributed by atoms with E-state index in [1.165, 1.54) is 12.8 Å². The zero-order chi connectivity index (χ0) is 16.1. The number of rotatable bonds is 7. The topological polar surface area (TPSA) is 49.8 Å². The number of carbonyl (C=O) groups is 1. The van der Waals surface area contributed by atoms with Crippen molar-refractivity contribution in [1.82, 2.24) is 4.90 Å². The number of likely N-dealkylation sites (tertiary alicyclic amines) is 1. The number of hydrogen-bond acceptors (Lipinski definition) is 3. The van der Waals surface area contributed by atoms with Gasteiger partial charge in [-0.3, -0.25) is 4.79 Å². The molecule has 1 unspecified atom stereocenters. The van der Waals surface area contributed by atoms with Crippen LogP contribution in [0.5, 0.6) is 0 Å². The molecule has 1 aromatic carbocycles.